The Bertz CT molecular complexity index is 356. The Labute approximate surface area is 80.0 Å². The molecule has 0 radical (unpaired) electrons. The second-order valence-corrected chi connectivity index (χ2v) is 3.23. The van der Waals surface area contributed by atoms with Gasteiger partial charge in [0.15, 0.2) is 5.69 Å². The van der Waals surface area contributed by atoms with Crippen molar-refractivity contribution in [3.05, 3.63) is 23.5 Å². The monoisotopic (exact) mass is 204 g/mol. The maximum atomic E-state index is 12.2. The van der Waals surface area contributed by atoms with E-state index < -0.39 is 11.9 Å². The van der Waals surface area contributed by atoms with Crippen LogP contribution in [-0.2, 0) is 6.18 Å². The molecule has 0 aliphatic rings. The zero-order valence-corrected chi connectivity index (χ0v) is 8.18. The van der Waals surface area contributed by atoms with E-state index in [4.69, 9.17) is 0 Å². The minimum atomic E-state index is -4.37. The fraction of sp³-hybridized carbons (Fsp3) is 0.444. The summed E-state index contributed by atoms with van der Waals surface area (Å²) in [5.74, 6) is 0. The third-order valence-corrected chi connectivity index (χ3v) is 1.95. The molecule has 14 heavy (non-hydrogen) atoms. The van der Waals surface area contributed by atoms with Gasteiger partial charge < -0.3 is 0 Å². The van der Waals surface area contributed by atoms with Crippen LogP contribution in [0.1, 0.15) is 26.5 Å². The van der Waals surface area contributed by atoms with Gasteiger partial charge in [0.1, 0.15) is 0 Å². The average Bonchev–Trinajstić information content (AvgIpc) is 2.49. The molecule has 5 heteroatoms. The lowest BCUT2D eigenvalue weighted by Gasteiger charge is -2.04. The fourth-order valence-electron chi connectivity index (χ4n) is 0.891. The highest BCUT2D eigenvalue weighted by Gasteiger charge is 2.33. The van der Waals surface area contributed by atoms with E-state index >= 15 is 0 Å². The van der Waals surface area contributed by atoms with Crippen molar-refractivity contribution in [2.45, 2.75) is 26.9 Å². The number of hydrogen-bond acceptors (Lipinski definition) is 1. The Morgan fingerprint density at radius 2 is 1.86 bits per heavy atom. The Hall–Kier alpha value is -1.26. The average molecular weight is 204 g/mol. The Balaban J connectivity index is 3.07. The molecule has 0 N–H and O–H groups in total. The van der Waals surface area contributed by atoms with Gasteiger partial charge in [-0.2, -0.15) is 18.3 Å². The van der Waals surface area contributed by atoms with Crippen LogP contribution in [0.4, 0.5) is 13.2 Å². The van der Waals surface area contributed by atoms with Gasteiger partial charge in [0, 0.05) is 11.9 Å². The van der Waals surface area contributed by atoms with Gasteiger partial charge in [-0.1, -0.05) is 5.57 Å². The van der Waals surface area contributed by atoms with Crippen molar-refractivity contribution in [3.63, 3.8) is 0 Å². The van der Waals surface area contributed by atoms with Crippen molar-refractivity contribution in [2.75, 3.05) is 0 Å². The fourth-order valence-corrected chi connectivity index (χ4v) is 0.891. The molecule has 1 aromatic rings. The van der Waals surface area contributed by atoms with Crippen molar-refractivity contribution in [3.8, 4) is 0 Å². The summed E-state index contributed by atoms with van der Waals surface area (Å²) >= 11 is 0. The molecule has 0 amide bonds. The highest BCUT2D eigenvalue weighted by molar-refractivity contribution is 5.45. The van der Waals surface area contributed by atoms with Crippen molar-refractivity contribution >= 4 is 5.70 Å². The van der Waals surface area contributed by atoms with Crippen LogP contribution in [-0.4, -0.2) is 9.78 Å². The molecule has 0 aromatic carbocycles. The largest absolute Gasteiger partial charge is 0.435 e. The number of aromatic nitrogens is 2. The van der Waals surface area contributed by atoms with Gasteiger partial charge in [0.05, 0.1) is 0 Å². The zero-order chi connectivity index (χ0) is 10.9. The minimum absolute atomic E-state index is 0.709. The first-order valence-corrected chi connectivity index (χ1v) is 4.09. The molecule has 0 unspecified atom stereocenters. The van der Waals surface area contributed by atoms with Gasteiger partial charge in [0.2, 0.25) is 0 Å². The van der Waals surface area contributed by atoms with Crippen molar-refractivity contribution in [1.82, 2.24) is 9.78 Å². The van der Waals surface area contributed by atoms with Crippen LogP contribution in [0.5, 0.6) is 0 Å². The topological polar surface area (TPSA) is 17.8 Å². The quantitative estimate of drug-likeness (QED) is 0.687. The van der Waals surface area contributed by atoms with Gasteiger partial charge in [-0.25, -0.2) is 4.68 Å². The summed E-state index contributed by atoms with van der Waals surface area (Å²) in [5.41, 5.74) is 0.778. The lowest BCUT2D eigenvalue weighted by atomic mass is 10.3. The van der Waals surface area contributed by atoms with Crippen molar-refractivity contribution in [2.24, 2.45) is 0 Å². The molecule has 0 spiro atoms. The van der Waals surface area contributed by atoms with Crippen molar-refractivity contribution in [1.29, 1.82) is 0 Å². The third-order valence-electron chi connectivity index (χ3n) is 1.95. The number of nitrogens with zero attached hydrogens (tertiary/aromatic N) is 2. The van der Waals surface area contributed by atoms with Gasteiger partial charge >= 0.3 is 6.18 Å². The molecule has 2 nitrogen and oxygen atoms in total. The maximum absolute atomic E-state index is 12.2. The summed E-state index contributed by atoms with van der Waals surface area (Å²) in [6.45, 7) is 5.37. The van der Waals surface area contributed by atoms with Gasteiger partial charge in [-0.3, -0.25) is 0 Å². The van der Waals surface area contributed by atoms with Crippen LogP contribution in [0, 0.1) is 0 Å². The van der Waals surface area contributed by atoms with Crippen molar-refractivity contribution < 1.29 is 13.2 Å². The van der Waals surface area contributed by atoms with Gasteiger partial charge in [-0.15, -0.1) is 0 Å². The summed E-state index contributed by atoms with van der Waals surface area (Å²) < 4.78 is 37.8. The molecule has 0 saturated carbocycles. The predicted octanol–water partition coefficient (Wildman–Crippen LogP) is 3.17. The summed E-state index contributed by atoms with van der Waals surface area (Å²) in [6.07, 6.45) is -3.06. The SMILES string of the molecule is CC(C)=C(C)n1ccc(C(F)(F)F)n1. The van der Waals surface area contributed by atoms with Crippen LogP contribution < -0.4 is 0 Å². The molecule has 0 fully saturated rings. The van der Waals surface area contributed by atoms with E-state index in [2.05, 4.69) is 5.10 Å². The van der Waals surface area contributed by atoms with E-state index in [1.807, 2.05) is 13.8 Å². The molecule has 1 heterocycles. The molecule has 78 valence electrons. The van der Waals surface area contributed by atoms with E-state index in [1.165, 1.54) is 10.9 Å². The first-order valence-electron chi connectivity index (χ1n) is 4.09. The zero-order valence-electron chi connectivity index (χ0n) is 8.18. The number of rotatable bonds is 1. The van der Waals surface area contributed by atoms with Crippen LogP contribution in [0.3, 0.4) is 0 Å². The Kier molecular flexibility index (Phi) is 2.69. The molecule has 0 saturated heterocycles. The van der Waals surface area contributed by atoms with E-state index in [-0.39, 0.29) is 0 Å². The summed E-state index contributed by atoms with van der Waals surface area (Å²) in [7, 11) is 0. The van der Waals surface area contributed by atoms with Crippen LogP contribution in [0.2, 0.25) is 0 Å². The standard InChI is InChI=1S/C9H11F3N2/c1-6(2)7(3)14-5-4-8(13-14)9(10,11)12/h4-5H,1-3H3. The second kappa shape index (κ2) is 3.48. The molecule has 0 aliphatic heterocycles. The first-order chi connectivity index (χ1) is 6.32. The molecular weight excluding hydrogens is 193 g/mol. The number of halogens is 3. The summed E-state index contributed by atoms with van der Waals surface area (Å²) in [5, 5.41) is 3.44. The van der Waals surface area contributed by atoms with E-state index in [0.29, 0.717) is 5.70 Å². The molecule has 0 bridgehead atoms. The van der Waals surface area contributed by atoms with Gasteiger partial charge in [-0.05, 0) is 26.8 Å². The first kappa shape index (κ1) is 10.8. The lowest BCUT2D eigenvalue weighted by Crippen LogP contribution is -2.07. The Morgan fingerprint density at radius 1 is 1.29 bits per heavy atom. The molecular formula is C9H11F3N2. The number of allylic oxidation sites excluding steroid dienone is 2. The van der Waals surface area contributed by atoms with Crippen LogP contribution in [0.15, 0.2) is 17.8 Å². The highest BCUT2D eigenvalue weighted by Crippen LogP contribution is 2.27. The van der Waals surface area contributed by atoms with Gasteiger partial charge in [0.25, 0.3) is 0 Å². The summed E-state index contributed by atoms with van der Waals surface area (Å²) in [6, 6.07) is 0.965. The molecule has 1 rings (SSSR count). The Morgan fingerprint density at radius 3 is 2.21 bits per heavy atom. The lowest BCUT2D eigenvalue weighted by molar-refractivity contribution is -0.141. The van der Waals surface area contributed by atoms with Crippen LogP contribution >= 0.6 is 0 Å². The predicted molar refractivity (Wildman–Crippen MR) is 47.5 cm³/mol. The number of hydrogen-bond donors (Lipinski definition) is 0. The minimum Gasteiger partial charge on any atom is -0.245 e. The summed E-state index contributed by atoms with van der Waals surface area (Å²) in [4.78, 5) is 0. The maximum Gasteiger partial charge on any atom is 0.435 e. The molecule has 0 aliphatic carbocycles. The molecule has 0 atom stereocenters. The smallest absolute Gasteiger partial charge is 0.245 e. The second-order valence-electron chi connectivity index (χ2n) is 3.23. The third kappa shape index (κ3) is 2.16. The normalized spacial score (nSPS) is 11.6. The van der Waals surface area contributed by atoms with E-state index in [1.54, 1.807) is 6.92 Å². The molecule has 1 aromatic heterocycles. The number of alkyl halides is 3. The van der Waals surface area contributed by atoms with E-state index in [9.17, 15) is 13.2 Å². The van der Waals surface area contributed by atoms with E-state index in [0.717, 1.165) is 11.6 Å². The van der Waals surface area contributed by atoms with Crippen LogP contribution in [0.25, 0.3) is 5.70 Å². The highest BCUT2D eigenvalue weighted by atomic mass is 19.4.